The standard InChI is InChI=1S/C21H31N3O2S2/c1-4-5-6-7-8-14-24(18-9-12-22-13-10-18)15-11-17-16-27-20(23-17)28-21(2,3)19(25)26/h9-10,12-13,16H,4-8,11,14-15H2,1-3H3,(H,25,26). The molecule has 0 aliphatic carbocycles. The van der Waals surface area contributed by atoms with Gasteiger partial charge in [0.2, 0.25) is 0 Å². The minimum atomic E-state index is -0.864. The number of unbranched alkanes of at least 4 members (excludes halogenated alkanes) is 4. The first-order valence-electron chi connectivity index (χ1n) is 9.94. The van der Waals surface area contributed by atoms with Gasteiger partial charge >= 0.3 is 5.97 Å². The summed E-state index contributed by atoms with van der Waals surface area (Å²) in [6.07, 6.45) is 10.8. The highest BCUT2D eigenvalue weighted by Gasteiger charge is 2.29. The highest BCUT2D eigenvalue weighted by atomic mass is 32.2. The summed E-state index contributed by atoms with van der Waals surface area (Å²) in [6, 6.07) is 4.12. The number of aromatic nitrogens is 2. The van der Waals surface area contributed by atoms with E-state index in [1.54, 1.807) is 13.8 Å². The summed E-state index contributed by atoms with van der Waals surface area (Å²) >= 11 is 2.84. The van der Waals surface area contributed by atoms with E-state index >= 15 is 0 Å². The van der Waals surface area contributed by atoms with Crippen LogP contribution in [0, 0.1) is 0 Å². The molecule has 5 nitrogen and oxygen atoms in total. The van der Waals surface area contributed by atoms with Crippen molar-refractivity contribution in [3.8, 4) is 0 Å². The number of aliphatic carboxylic acids is 1. The van der Waals surface area contributed by atoms with Crippen molar-refractivity contribution in [2.75, 3.05) is 18.0 Å². The third kappa shape index (κ3) is 7.43. The monoisotopic (exact) mass is 421 g/mol. The quantitative estimate of drug-likeness (QED) is 0.340. The molecule has 0 saturated heterocycles. The first kappa shape index (κ1) is 22.7. The Hall–Kier alpha value is -1.60. The van der Waals surface area contributed by atoms with Crippen LogP contribution in [-0.2, 0) is 11.2 Å². The first-order chi connectivity index (χ1) is 13.4. The number of hydrogen-bond acceptors (Lipinski definition) is 6. The Labute approximate surface area is 176 Å². The molecule has 0 radical (unpaired) electrons. The molecule has 2 aromatic rings. The van der Waals surface area contributed by atoms with Gasteiger partial charge in [-0.1, -0.05) is 44.4 Å². The lowest BCUT2D eigenvalue weighted by Crippen LogP contribution is -2.27. The number of thioether (sulfide) groups is 1. The summed E-state index contributed by atoms with van der Waals surface area (Å²) in [5.41, 5.74) is 2.22. The van der Waals surface area contributed by atoms with E-state index in [4.69, 9.17) is 0 Å². The van der Waals surface area contributed by atoms with E-state index in [9.17, 15) is 9.90 Å². The second-order valence-electron chi connectivity index (χ2n) is 7.38. The van der Waals surface area contributed by atoms with Crippen LogP contribution >= 0.6 is 23.1 Å². The van der Waals surface area contributed by atoms with Crippen LogP contribution in [0.5, 0.6) is 0 Å². The van der Waals surface area contributed by atoms with Gasteiger partial charge in [0.1, 0.15) is 4.75 Å². The predicted molar refractivity (Wildman–Crippen MR) is 119 cm³/mol. The zero-order chi connectivity index (χ0) is 20.4. The van der Waals surface area contributed by atoms with Crippen LogP contribution in [0.4, 0.5) is 5.69 Å². The van der Waals surface area contributed by atoms with Gasteiger partial charge in [0, 0.05) is 43.0 Å². The molecular formula is C21H31N3O2S2. The normalized spacial score (nSPS) is 11.5. The fourth-order valence-electron chi connectivity index (χ4n) is 2.79. The molecule has 0 spiro atoms. The average molecular weight is 422 g/mol. The van der Waals surface area contributed by atoms with Gasteiger partial charge in [-0.05, 0) is 32.4 Å². The molecule has 0 amide bonds. The number of rotatable bonds is 13. The average Bonchev–Trinajstić information content (AvgIpc) is 3.11. The van der Waals surface area contributed by atoms with Crippen molar-refractivity contribution in [3.05, 3.63) is 35.6 Å². The van der Waals surface area contributed by atoms with Crippen molar-refractivity contribution >= 4 is 34.8 Å². The number of hydrogen-bond donors (Lipinski definition) is 1. The van der Waals surface area contributed by atoms with E-state index in [1.165, 1.54) is 60.9 Å². The Morgan fingerprint density at radius 2 is 1.89 bits per heavy atom. The zero-order valence-electron chi connectivity index (χ0n) is 17.1. The van der Waals surface area contributed by atoms with Crippen molar-refractivity contribution in [1.82, 2.24) is 9.97 Å². The summed E-state index contributed by atoms with van der Waals surface area (Å²) in [5, 5.41) is 11.3. The van der Waals surface area contributed by atoms with Gasteiger partial charge in [0.25, 0.3) is 0 Å². The summed E-state index contributed by atoms with van der Waals surface area (Å²) in [5.74, 6) is -0.818. The van der Waals surface area contributed by atoms with Crippen LogP contribution < -0.4 is 4.90 Å². The number of nitrogens with zero attached hydrogens (tertiary/aromatic N) is 3. The molecule has 7 heteroatoms. The number of thiazole rings is 1. The third-order valence-corrected chi connectivity index (χ3v) is 6.76. The van der Waals surface area contributed by atoms with Crippen molar-refractivity contribution in [2.45, 2.75) is 68.4 Å². The summed E-state index contributed by atoms with van der Waals surface area (Å²) < 4.78 is -0.0473. The van der Waals surface area contributed by atoms with Crippen LogP contribution in [0.3, 0.4) is 0 Å². The fourth-order valence-corrected chi connectivity index (χ4v) is 5.02. The molecule has 2 rings (SSSR count). The highest BCUT2D eigenvalue weighted by molar-refractivity contribution is 8.02. The first-order valence-corrected chi connectivity index (χ1v) is 11.6. The van der Waals surface area contributed by atoms with E-state index in [-0.39, 0.29) is 0 Å². The molecule has 0 saturated carbocycles. The molecule has 2 aromatic heterocycles. The molecule has 0 aromatic carbocycles. The van der Waals surface area contributed by atoms with E-state index in [1.807, 2.05) is 17.8 Å². The van der Waals surface area contributed by atoms with Crippen LogP contribution in [0.25, 0.3) is 0 Å². The Kier molecular flexibility index (Phi) is 9.25. The molecule has 0 atom stereocenters. The Bertz CT molecular complexity index is 719. The van der Waals surface area contributed by atoms with Gasteiger partial charge in [0.05, 0.1) is 5.69 Å². The summed E-state index contributed by atoms with van der Waals surface area (Å²) in [7, 11) is 0. The molecule has 0 aliphatic heterocycles. The van der Waals surface area contributed by atoms with Crippen molar-refractivity contribution < 1.29 is 9.90 Å². The lowest BCUT2D eigenvalue weighted by molar-refractivity contribution is -0.138. The third-order valence-electron chi connectivity index (χ3n) is 4.59. The number of carboxylic acid groups (broad SMARTS) is 1. The van der Waals surface area contributed by atoms with E-state index in [2.05, 4.69) is 33.9 Å². The predicted octanol–water partition coefficient (Wildman–Crippen LogP) is 5.51. The second-order valence-corrected chi connectivity index (χ2v) is 10.1. The summed E-state index contributed by atoms with van der Waals surface area (Å²) in [6.45, 7) is 7.59. The smallest absolute Gasteiger partial charge is 0.319 e. The molecule has 1 N–H and O–H groups in total. The van der Waals surface area contributed by atoms with Crippen LogP contribution in [0.2, 0.25) is 0 Å². The minimum Gasteiger partial charge on any atom is -0.480 e. The lowest BCUT2D eigenvalue weighted by Gasteiger charge is -2.24. The van der Waals surface area contributed by atoms with Gasteiger partial charge in [-0.25, -0.2) is 4.98 Å². The minimum absolute atomic E-state index is 0.817. The van der Waals surface area contributed by atoms with Gasteiger partial charge in [-0.3, -0.25) is 9.78 Å². The maximum Gasteiger partial charge on any atom is 0.319 e. The molecule has 0 fully saturated rings. The Morgan fingerprint density at radius 3 is 2.57 bits per heavy atom. The van der Waals surface area contributed by atoms with Crippen molar-refractivity contribution in [1.29, 1.82) is 0 Å². The zero-order valence-corrected chi connectivity index (χ0v) is 18.7. The van der Waals surface area contributed by atoms with E-state index in [0.717, 1.165) is 29.5 Å². The second kappa shape index (κ2) is 11.4. The molecule has 0 aliphatic rings. The number of carbonyl (C=O) groups is 1. The number of pyridine rings is 1. The molecule has 2 heterocycles. The van der Waals surface area contributed by atoms with Gasteiger partial charge < -0.3 is 10.0 Å². The molecule has 0 bridgehead atoms. The Morgan fingerprint density at radius 1 is 1.18 bits per heavy atom. The number of anilines is 1. The topological polar surface area (TPSA) is 66.3 Å². The summed E-state index contributed by atoms with van der Waals surface area (Å²) in [4.78, 5) is 22.5. The van der Waals surface area contributed by atoms with E-state index < -0.39 is 10.7 Å². The van der Waals surface area contributed by atoms with Gasteiger partial charge in [-0.2, -0.15) is 0 Å². The fraction of sp³-hybridized carbons (Fsp3) is 0.571. The van der Waals surface area contributed by atoms with Crippen LogP contribution in [0.1, 0.15) is 58.6 Å². The maximum absolute atomic E-state index is 11.3. The van der Waals surface area contributed by atoms with Crippen molar-refractivity contribution in [2.24, 2.45) is 0 Å². The molecule has 154 valence electrons. The Balaban J connectivity index is 1.92. The highest BCUT2D eigenvalue weighted by Crippen LogP contribution is 2.34. The molecular weight excluding hydrogens is 390 g/mol. The van der Waals surface area contributed by atoms with Gasteiger partial charge in [0.15, 0.2) is 4.34 Å². The van der Waals surface area contributed by atoms with Crippen molar-refractivity contribution in [3.63, 3.8) is 0 Å². The molecule has 28 heavy (non-hydrogen) atoms. The van der Waals surface area contributed by atoms with Crippen LogP contribution in [0.15, 0.2) is 34.2 Å². The SMILES string of the molecule is CCCCCCCN(CCc1csc(SC(C)(C)C(=O)O)n1)c1ccncc1. The number of carboxylic acids is 1. The largest absolute Gasteiger partial charge is 0.480 e. The van der Waals surface area contributed by atoms with Crippen LogP contribution in [-0.4, -0.2) is 38.9 Å². The lowest BCUT2D eigenvalue weighted by atomic mass is 10.1. The molecule has 0 unspecified atom stereocenters. The maximum atomic E-state index is 11.3. The van der Waals surface area contributed by atoms with Gasteiger partial charge in [-0.15, -0.1) is 11.3 Å². The van der Waals surface area contributed by atoms with E-state index in [0.29, 0.717) is 0 Å².